The fourth-order valence-corrected chi connectivity index (χ4v) is 2.49. The first kappa shape index (κ1) is 12.9. The van der Waals surface area contributed by atoms with E-state index in [9.17, 15) is 4.79 Å². The summed E-state index contributed by atoms with van der Waals surface area (Å²) in [6, 6.07) is 18.1. The van der Waals surface area contributed by atoms with Crippen molar-refractivity contribution in [2.75, 3.05) is 0 Å². The summed E-state index contributed by atoms with van der Waals surface area (Å²) >= 11 is 0. The van der Waals surface area contributed by atoms with Crippen LogP contribution in [0.5, 0.6) is 0 Å². The highest BCUT2D eigenvalue weighted by Gasteiger charge is 2.33. The van der Waals surface area contributed by atoms with Crippen molar-refractivity contribution in [2.24, 2.45) is 5.92 Å². The number of carbonyl (C=O) groups excluding carboxylic acids is 1. The van der Waals surface area contributed by atoms with Crippen LogP contribution < -0.4 is 5.32 Å². The summed E-state index contributed by atoms with van der Waals surface area (Å²) < 4.78 is 0. The van der Waals surface area contributed by atoms with Crippen LogP contribution in [-0.2, 0) is 0 Å². The zero-order chi connectivity index (χ0) is 13.9. The molecule has 2 aromatic rings. The van der Waals surface area contributed by atoms with E-state index in [-0.39, 0.29) is 11.9 Å². The lowest BCUT2D eigenvalue weighted by Crippen LogP contribution is -2.29. The second-order valence-electron chi connectivity index (χ2n) is 5.57. The highest BCUT2D eigenvalue weighted by atomic mass is 16.1. The Labute approximate surface area is 119 Å². The SMILES string of the molecule is Cc1ccc(C(=O)NC(c2ccccc2)C2CC2)cc1. The van der Waals surface area contributed by atoms with Crippen LogP contribution in [0, 0.1) is 12.8 Å². The molecular weight excluding hydrogens is 246 g/mol. The van der Waals surface area contributed by atoms with Crippen LogP contribution in [0.25, 0.3) is 0 Å². The minimum absolute atomic E-state index is 0.0192. The van der Waals surface area contributed by atoms with E-state index in [1.54, 1.807) is 0 Å². The summed E-state index contributed by atoms with van der Waals surface area (Å²) in [5.41, 5.74) is 3.11. The van der Waals surface area contributed by atoms with Gasteiger partial charge in [0.15, 0.2) is 0 Å². The van der Waals surface area contributed by atoms with Gasteiger partial charge in [-0.3, -0.25) is 4.79 Å². The molecule has 1 saturated carbocycles. The fraction of sp³-hybridized carbons (Fsp3) is 0.278. The molecule has 0 bridgehead atoms. The molecule has 1 amide bonds. The molecule has 1 atom stereocenters. The van der Waals surface area contributed by atoms with Crippen molar-refractivity contribution in [1.82, 2.24) is 5.32 Å². The number of aryl methyl sites for hydroxylation is 1. The van der Waals surface area contributed by atoms with Gasteiger partial charge >= 0.3 is 0 Å². The number of amides is 1. The van der Waals surface area contributed by atoms with E-state index in [4.69, 9.17) is 0 Å². The summed E-state index contributed by atoms with van der Waals surface area (Å²) in [7, 11) is 0. The molecule has 0 radical (unpaired) electrons. The molecule has 2 aromatic carbocycles. The Kier molecular flexibility index (Phi) is 3.55. The molecule has 0 aromatic heterocycles. The van der Waals surface area contributed by atoms with Crippen LogP contribution in [0.4, 0.5) is 0 Å². The van der Waals surface area contributed by atoms with Gasteiger partial charge in [-0.05, 0) is 43.4 Å². The number of carbonyl (C=O) groups is 1. The van der Waals surface area contributed by atoms with Crippen molar-refractivity contribution in [3.63, 3.8) is 0 Å². The van der Waals surface area contributed by atoms with Crippen molar-refractivity contribution < 1.29 is 4.79 Å². The van der Waals surface area contributed by atoms with Crippen LogP contribution in [0.3, 0.4) is 0 Å². The third kappa shape index (κ3) is 2.90. The maximum absolute atomic E-state index is 12.4. The molecule has 1 fully saturated rings. The Hall–Kier alpha value is -2.09. The molecule has 0 aliphatic heterocycles. The Morgan fingerprint density at radius 3 is 2.30 bits per heavy atom. The molecule has 0 heterocycles. The van der Waals surface area contributed by atoms with Gasteiger partial charge in [0, 0.05) is 5.56 Å². The van der Waals surface area contributed by atoms with Gasteiger partial charge in [-0.1, -0.05) is 48.0 Å². The molecular formula is C18H19NO. The van der Waals surface area contributed by atoms with Crippen molar-refractivity contribution in [1.29, 1.82) is 0 Å². The average Bonchev–Trinajstić information content (AvgIpc) is 3.31. The minimum Gasteiger partial charge on any atom is -0.345 e. The smallest absolute Gasteiger partial charge is 0.251 e. The molecule has 1 N–H and O–H groups in total. The van der Waals surface area contributed by atoms with E-state index in [1.165, 1.54) is 24.0 Å². The van der Waals surface area contributed by atoms with Crippen LogP contribution >= 0.6 is 0 Å². The maximum Gasteiger partial charge on any atom is 0.251 e. The summed E-state index contributed by atoms with van der Waals surface area (Å²) in [6.07, 6.45) is 2.40. The number of hydrogen-bond acceptors (Lipinski definition) is 1. The van der Waals surface area contributed by atoms with Gasteiger partial charge in [-0.25, -0.2) is 0 Å². The molecule has 2 nitrogen and oxygen atoms in total. The monoisotopic (exact) mass is 265 g/mol. The van der Waals surface area contributed by atoms with E-state index >= 15 is 0 Å². The average molecular weight is 265 g/mol. The summed E-state index contributed by atoms with van der Waals surface area (Å²) in [5.74, 6) is 0.609. The Bertz CT molecular complexity index is 585. The van der Waals surface area contributed by atoms with Gasteiger partial charge in [0.25, 0.3) is 5.91 Å². The zero-order valence-electron chi connectivity index (χ0n) is 11.7. The van der Waals surface area contributed by atoms with Crippen LogP contribution in [-0.4, -0.2) is 5.91 Å². The fourth-order valence-electron chi connectivity index (χ4n) is 2.49. The van der Waals surface area contributed by atoms with Gasteiger partial charge in [0.05, 0.1) is 6.04 Å². The maximum atomic E-state index is 12.4. The van der Waals surface area contributed by atoms with Gasteiger partial charge in [-0.15, -0.1) is 0 Å². The normalized spacial score (nSPS) is 15.7. The standard InChI is InChI=1S/C18H19NO/c1-13-7-9-16(10-8-13)18(20)19-17(15-11-12-15)14-5-3-2-4-6-14/h2-10,15,17H,11-12H2,1H3,(H,19,20). The lowest BCUT2D eigenvalue weighted by molar-refractivity contribution is 0.0931. The Balaban J connectivity index is 1.77. The first-order valence-electron chi connectivity index (χ1n) is 7.16. The molecule has 0 saturated heterocycles. The Morgan fingerprint density at radius 2 is 1.70 bits per heavy atom. The number of rotatable bonds is 4. The molecule has 0 spiro atoms. The van der Waals surface area contributed by atoms with Gasteiger partial charge in [0.1, 0.15) is 0 Å². The third-order valence-electron chi connectivity index (χ3n) is 3.85. The molecule has 102 valence electrons. The topological polar surface area (TPSA) is 29.1 Å². The van der Waals surface area contributed by atoms with Gasteiger partial charge in [0.2, 0.25) is 0 Å². The lowest BCUT2D eigenvalue weighted by atomic mass is 10.0. The number of nitrogens with one attached hydrogen (secondary N) is 1. The molecule has 3 rings (SSSR count). The van der Waals surface area contributed by atoms with Crippen molar-refractivity contribution in [3.05, 3.63) is 71.3 Å². The molecule has 1 unspecified atom stereocenters. The minimum atomic E-state index is 0.0192. The van der Waals surface area contributed by atoms with Gasteiger partial charge < -0.3 is 5.32 Å². The van der Waals surface area contributed by atoms with Crippen molar-refractivity contribution >= 4 is 5.91 Å². The number of hydrogen-bond donors (Lipinski definition) is 1. The van der Waals surface area contributed by atoms with Crippen LogP contribution in [0.2, 0.25) is 0 Å². The van der Waals surface area contributed by atoms with Crippen molar-refractivity contribution in [2.45, 2.75) is 25.8 Å². The van der Waals surface area contributed by atoms with E-state index in [2.05, 4.69) is 17.4 Å². The highest BCUT2D eigenvalue weighted by Crippen LogP contribution is 2.41. The van der Waals surface area contributed by atoms with Crippen LogP contribution in [0.15, 0.2) is 54.6 Å². The first-order valence-corrected chi connectivity index (χ1v) is 7.16. The third-order valence-corrected chi connectivity index (χ3v) is 3.85. The number of benzene rings is 2. The second kappa shape index (κ2) is 5.49. The molecule has 2 heteroatoms. The second-order valence-corrected chi connectivity index (χ2v) is 5.57. The molecule has 1 aliphatic carbocycles. The summed E-state index contributed by atoms with van der Waals surface area (Å²) in [5, 5.41) is 3.19. The quantitative estimate of drug-likeness (QED) is 0.893. The molecule has 20 heavy (non-hydrogen) atoms. The first-order chi connectivity index (χ1) is 9.74. The lowest BCUT2D eigenvalue weighted by Gasteiger charge is -2.19. The summed E-state index contributed by atoms with van der Waals surface area (Å²) in [4.78, 5) is 12.4. The van der Waals surface area contributed by atoms with E-state index in [1.807, 2.05) is 49.4 Å². The van der Waals surface area contributed by atoms with E-state index < -0.39 is 0 Å². The van der Waals surface area contributed by atoms with E-state index in [0.717, 1.165) is 5.56 Å². The highest BCUT2D eigenvalue weighted by molar-refractivity contribution is 5.94. The Morgan fingerprint density at radius 1 is 1.05 bits per heavy atom. The predicted octanol–water partition coefficient (Wildman–Crippen LogP) is 3.88. The van der Waals surface area contributed by atoms with Crippen LogP contribution in [0.1, 0.15) is 40.4 Å². The van der Waals surface area contributed by atoms with E-state index in [0.29, 0.717) is 5.92 Å². The summed E-state index contributed by atoms with van der Waals surface area (Å²) in [6.45, 7) is 2.03. The molecule has 1 aliphatic rings. The van der Waals surface area contributed by atoms with Crippen molar-refractivity contribution in [3.8, 4) is 0 Å². The largest absolute Gasteiger partial charge is 0.345 e. The zero-order valence-corrected chi connectivity index (χ0v) is 11.7. The predicted molar refractivity (Wildman–Crippen MR) is 80.6 cm³/mol. The van der Waals surface area contributed by atoms with Gasteiger partial charge in [-0.2, -0.15) is 0 Å².